The van der Waals surface area contributed by atoms with Crippen LogP contribution in [0.15, 0.2) is 18.2 Å². The van der Waals surface area contributed by atoms with Crippen LogP contribution in [0.2, 0.25) is 0 Å². The fraction of sp³-hybridized carbons (Fsp3) is 0.417. The number of rotatable bonds is 6. The van der Waals surface area contributed by atoms with Crippen molar-refractivity contribution in [3.8, 4) is 6.07 Å². The molecule has 90 valence electrons. The molecule has 0 aromatic carbocycles. The van der Waals surface area contributed by atoms with Crippen LogP contribution in [0.1, 0.15) is 25.5 Å². The molecule has 0 unspecified atom stereocenters. The molecule has 0 saturated heterocycles. The molecule has 0 aliphatic heterocycles. The average molecular weight is 233 g/mol. The first-order chi connectivity index (χ1) is 8.26. The van der Waals surface area contributed by atoms with Gasteiger partial charge in [-0.15, -0.1) is 0 Å². The van der Waals surface area contributed by atoms with Gasteiger partial charge in [0.1, 0.15) is 17.6 Å². The van der Waals surface area contributed by atoms with E-state index in [1.807, 2.05) is 13.0 Å². The molecule has 0 saturated carbocycles. The number of carbonyl (C=O) groups is 1. The number of nitrogens with one attached hydrogen (secondary N) is 1. The molecule has 5 nitrogen and oxygen atoms in total. The highest BCUT2D eigenvalue weighted by molar-refractivity contribution is 5.69. The van der Waals surface area contributed by atoms with Gasteiger partial charge in [0, 0.05) is 6.54 Å². The third-order valence-corrected chi connectivity index (χ3v) is 1.97. The maximum Gasteiger partial charge on any atom is 0.307 e. The fourth-order valence-electron chi connectivity index (χ4n) is 1.18. The molecular weight excluding hydrogens is 218 g/mol. The number of nitriles is 1. The van der Waals surface area contributed by atoms with E-state index in [1.54, 1.807) is 18.2 Å². The van der Waals surface area contributed by atoms with Crippen molar-refractivity contribution in [1.82, 2.24) is 4.98 Å². The van der Waals surface area contributed by atoms with Gasteiger partial charge in [-0.1, -0.05) is 13.0 Å². The van der Waals surface area contributed by atoms with E-state index >= 15 is 0 Å². The van der Waals surface area contributed by atoms with Crippen LogP contribution in [0.25, 0.3) is 0 Å². The van der Waals surface area contributed by atoms with Crippen LogP contribution < -0.4 is 5.32 Å². The van der Waals surface area contributed by atoms with E-state index in [1.165, 1.54) is 0 Å². The molecule has 1 aromatic heterocycles. The Balaban J connectivity index is 2.31. The third kappa shape index (κ3) is 4.98. The minimum absolute atomic E-state index is 0.226. The van der Waals surface area contributed by atoms with Gasteiger partial charge in [-0.05, 0) is 18.6 Å². The predicted octanol–water partition coefficient (Wildman–Crippen LogP) is 1.71. The zero-order valence-electron chi connectivity index (χ0n) is 9.77. The van der Waals surface area contributed by atoms with E-state index in [4.69, 9.17) is 10.00 Å². The van der Waals surface area contributed by atoms with Crippen molar-refractivity contribution in [2.24, 2.45) is 0 Å². The number of anilines is 1. The highest BCUT2D eigenvalue weighted by atomic mass is 16.5. The summed E-state index contributed by atoms with van der Waals surface area (Å²) in [6.07, 6.45) is 1.11. The summed E-state index contributed by atoms with van der Waals surface area (Å²) in [6.45, 7) is 2.86. The molecule has 0 aliphatic carbocycles. The van der Waals surface area contributed by atoms with Crippen molar-refractivity contribution in [1.29, 1.82) is 5.26 Å². The molecule has 1 N–H and O–H groups in total. The van der Waals surface area contributed by atoms with Crippen molar-refractivity contribution in [2.45, 2.75) is 19.8 Å². The van der Waals surface area contributed by atoms with E-state index in [-0.39, 0.29) is 5.97 Å². The molecule has 0 bridgehead atoms. The molecule has 1 aromatic rings. The van der Waals surface area contributed by atoms with Crippen molar-refractivity contribution in [3.05, 3.63) is 23.9 Å². The zero-order chi connectivity index (χ0) is 12.5. The van der Waals surface area contributed by atoms with Crippen LogP contribution in [0.5, 0.6) is 0 Å². The summed E-state index contributed by atoms with van der Waals surface area (Å²) in [5.74, 6) is 0.364. The van der Waals surface area contributed by atoms with Crippen LogP contribution >= 0.6 is 0 Å². The van der Waals surface area contributed by atoms with E-state index in [0.717, 1.165) is 6.42 Å². The first-order valence-corrected chi connectivity index (χ1v) is 5.53. The van der Waals surface area contributed by atoms with Crippen LogP contribution in [0.4, 0.5) is 5.82 Å². The quantitative estimate of drug-likeness (QED) is 0.757. The van der Waals surface area contributed by atoms with Gasteiger partial charge >= 0.3 is 5.97 Å². The summed E-state index contributed by atoms with van der Waals surface area (Å²) in [5, 5.41) is 11.6. The number of aromatic nitrogens is 1. The maximum absolute atomic E-state index is 11.2. The van der Waals surface area contributed by atoms with E-state index in [9.17, 15) is 4.79 Å². The molecule has 0 aliphatic rings. The monoisotopic (exact) mass is 233 g/mol. The Kier molecular flexibility index (Phi) is 5.52. The molecule has 0 amide bonds. The minimum Gasteiger partial charge on any atom is -0.466 e. The number of carbonyl (C=O) groups excluding carboxylic acids is 1. The lowest BCUT2D eigenvalue weighted by Crippen LogP contribution is -2.12. The summed E-state index contributed by atoms with van der Waals surface area (Å²) in [6, 6.07) is 7.07. The van der Waals surface area contributed by atoms with E-state index in [2.05, 4.69) is 10.3 Å². The van der Waals surface area contributed by atoms with Crippen LogP contribution in [-0.2, 0) is 9.53 Å². The molecule has 17 heavy (non-hydrogen) atoms. The Bertz CT molecular complexity index is 412. The number of hydrogen-bond acceptors (Lipinski definition) is 5. The van der Waals surface area contributed by atoms with Crippen molar-refractivity contribution in [2.75, 3.05) is 18.5 Å². The van der Waals surface area contributed by atoms with Gasteiger partial charge in [0.05, 0.1) is 13.0 Å². The molecule has 1 heterocycles. The molecule has 0 fully saturated rings. The molecule has 5 heteroatoms. The number of esters is 1. The SMILES string of the molecule is CCCOC(=O)CCNc1cccc(C#N)n1. The van der Waals surface area contributed by atoms with Gasteiger partial charge in [-0.3, -0.25) is 4.79 Å². The zero-order valence-corrected chi connectivity index (χ0v) is 9.77. The number of nitrogens with zero attached hydrogens (tertiary/aromatic N) is 2. The lowest BCUT2D eigenvalue weighted by Gasteiger charge is -2.05. The Labute approximate surface area is 100 Å². The Morgan fingerprint density at radius 2 is 2.41 bits per heavy atom. The van der Waals surface area contributed by atoms with Crippen molar-refractivity contribution < 1.29 is 9.53 Å². The van der Waals surface area contributed by atoms with E-state index < -0.39 is 0 Å². The van der Waals surface area contributed by atoms with Crippen LogP contribution in [0.3, 0.4) is 0 Å². The summed E-state index contributed by atoms with van der Waals surface area (Å²) in [5.41, 5.74) is 0.351. The van der Waals surface area contributed by atoms with Gasteiger partial charge < -0.3 is 10.1 Å². The summed E-state index contributed by atoms with van der Waals surface area (Å²) in [4.78, 5) is 15.2. The van der Waals surface area contributed by atoms with E-state index in [0.29, 0.717) is 31.1 Å². The summed E-state index contributed by atoms with van der Waals surface area (Å²) >= 11 is 0. The minimum atomic E-state index is -0.226. The van der Waals surface area contributed by atoms with Crippen molar-refractivity contribution >= 4 is 11.8 Å². The normalized spacial score (nSPS) is 9.41. The largest absolute Gasteiger partial charge is 0.466 e. The number of pyridine rings is 1. The number of hydrogen-bond donors (Lipinski definition) is 1. The van der Waals surface area contributed by atoms with Gasteiger partial charge in [-0.2, -0.15) is 5.26 Å². The lowest BCUT2D eigenvalue weighted by molar-refractivity contribution is -0.143. The van der Waals surface area contributed by atoms with Gasteiger partial charge in [0.2, 0.25) is 0 Å². The molecule has 1 rings (SSSR count). The first-order valence-electron chi connectivity index (χ1n) is 5.53. The molecule has 0 atom stereocenters. The Morgan fingerprint density at radius 3 is 3.12 bits per heavy atom. The van der Waals surface area contributed by atoms with Crippen LogP contribution in [-0.4, -0.2) is 24.1 Å². The third-order valence-electron chi connectivity index (χ3n) is 1.97. The second-order valence-corrected chi connectivity index (χ2v) is 3.42. The fourth-order valence-corrected chi connectivity index (χ4v) is 1.18. The predicted molar refractivity (Wildman–Crippen MR) is 63.3 cm³/mol. The lowest BCUT2D eigenvalue weighted by atomic mass is 10.3. The number of ether oxygens (including phenoxy) is 1. The first kappa shape index (κ1) is 13.0. The summed E-state index contributed by atoms with van der Waals surface area (Å²) in [7, 11) is 0. The topological polar surface area (TPSA) is 75.0 Å². The summed E-state index contributed by atoms with van der Waals surface area (Å²) < 4.78 is 4.92. The van der Waals surface area contributed by atoms with Gasteiger partial charge in [0.15, 0.2) is 0 Å². The Morgan fingerprint density at radius 1 is 1.59 bits per heavy atom. The van der Waals surface area contributed by atoms with Gasteiger partial charge in [0.25, 0.3) is 0 Å². The Hall–Kier alpha value is -2.09. The van der Waals surface area contributed by atoms with Crippen molar-refractivity contribution in [3.63, 3.8) is 0 Å². The second-order valence-electron chi connectivity index (χ2n) is 3.42. The average Bonchev–Trinajstić information content (AvgIpc) is 2.36. The van der Waals surface area contributed by atoms with Crippen LogP contribution in [0, 0.1) is 11.3 Å². The second kappa shape index (κ2) is 7.23. The standard InChI is InChI=1S/C12H15N3O2/c1-2-8-17-12(16)6-7-14-11-5-3-4-10(9-13)15-11/h3-5H,2,6-8H2,1H3,(H,14,15). The highest BCUT2D eigenvalue weighted by Gasteiger charge is 2.02. The molecular formula is C12H15N3O2. The molecule has 0 radical (unpaired) electrons. The van der Waals surface area contributed by atoms with Gasteiger partial charge in [-0.25, -0.2) is 4.98 Å². The molecule has 0 spiro atoms. The smallest absolute Gasteiger partial charge is 0.307 e. The highest BCUT2D eigenvalue weighted by Crippen LogP contribution is 2.03. The maximum atomic E-state index is 11.2.